The smallest absolute Gasteiger partial charge is 0.275 e. The van der Waals surface area contributed by atoms with Crippen molar-refractivity contribution in [2.24, 2.45) is 5.92 Å². The molecule has 174 valence electrons. The van der Waals surface area contributed by atoms with Gasteiger partial charge in [0.25, 0.3) is 5.91 Å². The second kappa shape index (κ2) is 8.03. The highest BCUT2D eigenvalue weighted by Gasteiger charge is 2.54. The van der Waals surface area contributed by atoms with Crippen molar-refractivity contribution in [3.63, 3.8) is 0 Å². The molecule has 1 saturated heterocycles. The number of likely N-dealkylation sites (tertiary alicyclic amines) is 1. The Kier molecular flexibility index (Phi) is 4.78. The van der Waals surface area contributed by atoms with Crippen LogP contribution in [0.3, 0.4) is 0 Å². The van der Waals surface area contributed by atoms with Gasteiger partial charge in [0.15, 0.2) is 5.69 Å². The van der Waals surface area contributed by atoms with Crippen LogP contribution in [0.1, 0.15) is 23.3 Å². The highest BCUT2D eigenvalue weighted by atomic mass is 35.5. The van der Waals surface area contributed by atoms with E-state index in [-0.39, 0.29) is 18.0 Å². The summed E-state index contributed by atoms with van der Waals surface area (Å²) in [5.74, 6) is 0.548. The molecule has 6 heterocycles. The van der Waals surface area contributed by atoms with Crippen LogP contribution in [0.25, 0.3) is 27.2 Å². The number of amides is 1. The summed E-state index contributed by atoms with van der Waals surface area (Å²) in [6.07, 6.45) is 9.57. The Morgan fingerprint density at radius 1 is 1.11 bits per heavy atom. The van der Waals surface area contributed by atoms with Gasteiger partial charge in [0.05, 0.1) is 39.9 Å². The molecule has 1 aliphatic carbocycles. The lowest BCUT2D eigenvalue weighted by Crippen LogP contribution is -2.41. The van der Waals surface area contributed by atoms with Crippen molar-refractivity contribution in [1.29, 1.82) is 0 Å². The van der Waals surface area contributed by atoms with Crippen molar-refractivity contribution in [2.45, 2.75) is 31.5 Å². The van der Waals surface area contributed by atoms with Gasteiger partial charge in [-0.1, -0.05) is 23.7 Å². The summed E-state index contributed by atoms with van der Waals surface area (Å²) in [5.41, 5.74) is 4.12. The Hall–Kier alpha value is -3.49. The minimum absolute atomic E-state index is 0.0136. The molecule has 2 aliphatic rings. The largest absolute Gasteiger partial charge is 0.329 e. The third-order valence-corrected chi connectivity index (χ3v) is 8.25. The minimum Gasteiger partial charge on any atom is -0.329 e. The SMILES string of the molecule is O=C(c1nn2ccccc2c1-c1ccc(Cl)s1)N1[C@H](Cn2cc(-c3ccccn3)cn2)C[C@H]2C[C@H]21. The summed E-state index contributed by atoms with van der Waals surface area (Å²) in [6.45, 7) is 0.652. The Labute approximate surface area is 210 Å². The molecular weight excluding hydrogens is 480 g/mol. The van der Waals surface area contributed by atoms with E-state index >= 15 is 0 Å². The van der Waals surface area contributed by atoms with E-state index in [1.165, 1.54) is 11.3 Å². The number of piperidine rings is 1. The summed E-state index contributed by atoms with van der Waals surface area (Å²) < 4.78 is 4.42. The average molecular weight is 501 g/mol. The maximum absolute atomic E-state index is 14.1. The summed E-state index contributed by atoms with van der Waals surface area (Å²) in [7, 11) is 0. The van der Waals surface area contributed by atoms with Crippen LogP contribution in [0.4, 0.5) is 0 Å². The normalized spacial score (nSPS) is 20.9. The molecule has 5 aromatic rings. The molecule has 1 saturated carbocycles. The molecule has 0 radical (unpaired) electrons. The molecule has 0 bridgehead atoms. The first-order valence-corrected chi connectivity index (χ1v) is 12.8. The second-order valence-corrected chi connectivity index (χ2v) is 10.9. The summed E-state index contributed by atoms with van der Waals surface area (Å²) >= 11 is 7.73. The molecule has 0 N–H and O–H groups in total. The number of hydrogen-bond donors (Lipinski definition) is 0. The molecule has 1 aliphatic heterocycles. The monoisotopic (exact) mass is 500 g/mol. The number of carbonyl (C=O) groups excluding carboxylic acids is 1. The molecule has 5 aromatic heterocycles. The molecule has 2 fully saturated rings. The predicted octanol–water partition coefficient (Wildman–Crippen LogP) is 5.28. The van der Waals surface area contributed by atoms with Gasteiger partial charge in [-0.05, 0) is 55.2 Å². The van der Waals surface area contributed by atoms with Gasteiger partial charge in [0, 0.05) is 35.1 Å². The Bertz CT molecular complexity index is 1560. The van der Waals surface area contributed by atoms with Crippen LogP contribution in [0.15, 0.2) is 73.3 Å². The molecular formula is C26H21ClN6OS. The first kappa shape index (κ1) is 20.8. The van der Waals surface area contributed by atoms with Crippen molar-refractivity contribution in [3.8, 4) is 21.7 Å². The highest BCUT2D eigenvalue weighted by molar-refractivity contribution is 7.19. The molecule has 1 amide bonds. The Balaban J connectivity index is 1.22. The predicted molar refractivity (Wildman–Crippen MR) is 135 cm³/mol. The molecule has 0 spiro atoms. The summed E-state index contributed by atoms with van der Waals surface area (Å²) in [5, 5.41) is 9.31. The number of fused-ring (bicyclic) bond motifs is 2. The summed E-state index contributed by atoms with van der Waals surface area (Å²) in [6, 6.07) is 15.9. The third-order valence-electron chi connectivity index (χ3n) is 7.00. The quantitative estimate of drug-likeness (QED) is 0.329. The van der Waals surface area contributed by atoms with Crippen LogP contribution < -0.4 is 0 Å². The number of rotatable bonds is 5. The van der Waals surface area contributed by atoms with E-state index in [2.05, 4.69) is 15.0 Å². The van der Waals surface area contributed by atoms with Gasteiger partial charge in [-0.15, -0.1) is 11.3 Å². The lowest BCUT2D eigenvalue weighted by molar-refractivity contribution is 0.0676. The molecule has 7 nitrogen and oxygen atoms in total. The van der Waals surface area contributed by atoms with Crippen molar-refractivity contribution in [2.75, 3.05) is 0 Å². The lowest BCUT2D eigenvalue weighted by Gasteiger charge is -2.27. The number of halogens is 1. The Morgan fingerprint density at radius 2 is 2.03 bits per heavy atom. The van der Waals surface area contributed by atoms with E-state index < -0.39 is 0 Å². The fraction of sp³-hybridized carbons (Fsp3) is 0.231. The molecule has 7 rings (SSSR count). The van der Waals surface area contributed by atoms with Crippen LogP contribution in [0.2, 0.25) is 4.34 Å². The maximum atomic E-state index is 14.1. The Morgan fingerprint density at radius 3 is 2.86 bits per heavy atom. The zero-order chi connectivity index (χ0) is 23.5. The van der Waals surface area contributed by atoms with Crippen molar-refractivity contribution in [1.82, 2.24) is 29.3 Å². The number of carbonyl (C=O) groups is 1. The van der Waals surface area contributed by atoms with Crippen molar-refractivity contribution >= 4 is 34.4 Å². The van der Waals surface area contributed by atoms with Gasteiger partial charge in [-0.3, -0.25) is 14.5 Å². The van der Waals surface area contributed by atoms with Gasteiger partial charge >= 0.3 is 0 Å². The third kappa shape index (κ3) is 3.56. The summed E-state index contributed by atoms with van der Waals surface area (Å²) in [4.78, 5) is 21.5. The van der Waals surface area contributed by atoms with Crippen LogP contribution in [-0.4, -0.2) is 47.3 Å². The van der Waals surface area contributed by atoms with Crippen molar-refractivity contribution in [3.05, 3.63) is 83.3 Å². The van der Waals surface area contributed by atoms with Gasteiger partial charge in [-0.25, -0.2) is 4.52 Å². The second-order valence-electron chi connectivity index (χ2n) is 9.19. The minimum atomic E-state index is -0.0136. The fourth-order valence-electron chi connectivity index (χ4n) is 5.35. The zero-order valence-electron chi connectivity index (χ0n) is 18.7. The first-order chi connectivity index (χ1) is 17.2. The molecule has 0 unspecified atom stereocenters. The van der Waals surface area contributed by atoms with E-state index in [9.17, 15) is 4.79 Å². The van der Waals surface area contributed by atoms with Crippen LogP contribution >= 0.6 is 22.9 Å². The maximum Gasteiger partial charge on any atom is 0.275 e. The highest BCUT2D eigenvalue weighted by Crippen LogP contribution is 2.49. The molecule has 35 heavy (non-hydrogen) atoms. The number of pyridine rings is 2. The molecule has 0 aromatic carbocycles. The van der Waals surface area contributed by atoms with Gasteiger partial charge in [0.1, 0.15) is 0 Å². The number of nitrogens with zero attached hydrogens (tertiary/aromatic N) is 6. The van der Waals surface area contributed by atoms with E-state index in [0.29, 0.717) is 22.5 Å². The fourth-order valence-corrected chi connectivity index (χ4v) is 6.44. The first-order valence-electron chi connectivity index (χ1n) is 11.7. The average Bonchev–Trinajstić information content (AvgIpc) is 3.31. The van der Waals surface area contributed by atoms with E-state index in [1.54, 1.807) is 10.7 Å². The lowest BCUT2D eigenvalue weighted by atomic mass is 10.1. The van der Waals surface area contributed by atoms with Gasteiger partial charge < -0.3 is 4.90 Å². The topological polar surface area (TPSA) is 68.3 Å². The van der Waals surface area contributed by atoms with E-state index in [1.807, 2.05) is 71.8 Å². The number of thiophene rings is 1. The van der Waals surface area contributed by atoms with E-state index in [0.717, 1.165) is 40.1 Å². The number of hydrogen-bond acceptors (Lipinski definition) is 5. The van der Waals surface area contributed by atoms with Crippen LogP contribution in [0.5, 0.6) is 0 Å². The number of aromatic nitrogens is 5. The van der Waals surface area contributed by atoms with E-state index in [4.69, 9.17) is 16.7 Å². The van der Waals surface area contributed by atoms with Gasteiger partial charge in [0.2, 0.25) is 0 Å². The van der Waals surface area contributed by atoms with Crippen LogP contribution in [0, 0.1) is 5.92 Å². The van der Waals surface area contributed by atoms with Crippen LogP contribution in [-0.2, 0) is 6.54 Å². The molecule has 9 heteroatoms. The molecule has 3 atom stereocenters. The zero-order valence-corrected chi connectivity index (χ0v) is 20.2. The standard InChI is InChI=1S/C26H21ClN6OS/c27-23-8-7-22(35-23)24-20-6-2-4-10-32(20)30-25(24)26(34)33-18(11-16-12-21(16)33)15-31-14-17(13-29-31)19-5-1-3-9-28-19/h1-10,13-14,16,18,21H,11-12,15H2/t16-,18-,21+/m0/s1. The van der Waals surface area contributed by atoms with Crippen molar-refractivity contribution < 1.29 is 4.79 Å². The van der Waals surface area contributed by atoms with Gasteiger partial charge in [-0.2, -0.15) is 10.2 Å².